The molecular weight excluding hydrogens is 370 g/mol. The van der Waals surface area contributed by atoms with Crippen molar-refractivity contribution in [1.29, 1.82) is 0 Å². The monoisotopic (exact) mass is 409 g/mol. The van der Waals surface area contributed by atoms with Gasteiger partial charge in [-0.15, -0.1) is 0 Å². The first-order valence-corrected chi connectivity index (χ1v) is 12.5. The van der Waals surface area contributed by atoms with E-state index >= 15 is 0 Å². The molecule has 4 nitrogen and oxygen atoms in total. The van der Waals surface area contributed by atoms with E-state index in [0.29, 0.717) is 12.8 Å². The largest absolute Gasteiger partial charge is 0.358 e. The molecule has 0 aliphatic rings. The first-order valence-electron chi connectivity index (χ1n) is 11.1. The molecule has 1 aromatic carbocycles. The number of oxime groups is 1. The van der Waals surface area contributed by atoms with E-state index in [9.17, 15) is 8.42 Å². The number of nitrogens with zero attached hydrogens (tertiary/aromatic N) is 1. The minimum atomic E-state index is -3.82. The van der Waals surface area contributed by atoms with Gasteiger partial charge in [0.25, 0.3) is 0 Å². The molecule has 0 N–H and O–H groups in total. The number of rotatable bonds is 16. The lowest BCUT2D eigenvalue weighted by Gasteiger charge is -2.06. The second kappa shape index (κ2) is 14.6. The Hall–Kier alpha value is -1.36. The molecule has 0 amide bonds. The van der Waals surface area contributed by atoms with Crippen molar-refractivity contribution in [2.24, 2.45) is 5.16 Å². The Balaban J connectivity index is 2.28. The van der Waals surface area contributed by atoms with E-state index in [1.54, 1.807) is 12.1 Å². The van der Waals surface area contributed by atoms with E-state index < -0.39 is 10.1 Å². The molecule has 0 heterocycles. The first-order chi connectivity index (χ1) is 13.5. The highest BCUT2D eigenvalue weighted by Crippen LogP contribution is 2.17. The second-order valence-corrected chi connectivity index (χ2v) is 9.00. The van der Waals surface area contributed by atoms with Crippen LogP contribution >= 0.6 is 0 Å². The Bertz CT molecular complexity index is 645. The molecule has 0 spiro atoms. The summed E-state index contributed by atoms with van der Waals surface area (Å²) in [6.45, 7) is 6.12. The highest BCUT2D eigenvalue weighted by atomic mass is 32.2. The van der Waals surface area contributed by atoms with Gasteiger partial charge in [-0.25, -0.2) is 0 Å². The maximum absolute atomic E-state index is 12.2. The Kier molecular flexibility index (Phi) is 12.9. The molecule has 0 saturated carbocycles. The summed E-state index contributed by atoms with van der Waals surface area (Å²) in [5.41, 5.74) is 1.91. The third-order valence-corrected chi connectivity index (χ3v) is 6.23. The highest BCUT2D eigenvalue weighted by molar-refractivity contribution is 7.86. The molecule has 1 aromatic rings. The standard InChI is InChI=1S/C23H39NO3S/c1-4-7-8-9-10-11-12-13-14-15-16-21-17-19-23(20-18-21)28(25,26)27-24-22(5-2)6-3/h17-20H,4-16H2,1-3H3. The van der Waals surface area contributed by atoms with Crippen molar-refractivity contribution in [1.82, 2.24) is 0 Å². The average molecular weight is 410 g/mol. The number of hydrogen-bond donors (Lipinski definition) is 0. The summed E-state index contributed by atoms with van der Waals surface area (Å²) >= 11 is 0. The van der Waals surface area contributed by atoms with Crippen LogP contribution in [-0.2, 0) is 20.8 Å². The van der Waals surface area contributed by atoms with Gasteiger partial charge >= 0.3 is 10.1 Å². The maximum Gasteiger partial charge on any atom is 0.358 e. The molecule has 0 unspecified atom stereocenters. The van der Waals surface area contributed by atoms with E-state index in [1.165, 1.54) is 63.4 Å². The highest BCUT2D eigenvalue weighted by Gasteiger charge is 2.15. The molecule has 0 atom stereocenters. The van der Waals surface area contributed by atoms with Crippen LogP contribution in [0.25, 0.3) is 0 Å². The quantitative estimate of drug-likeness (QED) is 0.167. The van der Waals surface area contributed by atoms with Crippen molar-refractivity contribution < 1.29 is 12.7 Å². The summed E-state index contributed by atoms with van der Waals surface area (Å²) in [7, 11) is -3.82. The molecule has 0 fully saturated rings. The van der Waals surface area contributed by atoms with Gasteiger partial charge in [-0.05, 0) is 43.4 Å². The summed E-state index contributed by atoms with van der Waals surface area (Å²) < 4.78 is 29.2. The van der Waals surface area contributed by atoms with Gasteiger partial charge in [0.1, 0.15) is 4.90 Å². The van der Waals surface area contributed by atoms with Crippen molar-refractivity contribution in [3.63, 3.8) is 0 Å². The van der Waals surface area contributed by atoms with Gasteiger partial charge in [-0.1, -0.05) is 95.8 Å². The molecule has 160 valence electrons. The van der Waals surface area contributed by atoms with Crippen molar-refractivity contribution in [3.8, 4) is 0 Å². The van der Waals surface area contributed by atoms with Crippen LogP contribution in [0.2, 0.25) is 0 Å². The topological polar surface area (TPSA) is 55.7 Å². The minimum Gasteiger partial charge on any atom is -0.265 e. The van der Waals surface area contributed by atoms with E-state index in [4.69, 9.17) is 4.28 Å². The fraction of sp³-hybridized carbons (Fsp3) is 0.696. The lowest BCUT2D eigenvalue weighted by molar-refractivity contribution is 0.337. The molecule has 0 saturated heterocycles. The number of hydrogen-bond acceptors (Lipinski definition) is 4. The van der Waals surface area contributed by atoms with Crippen molar-refractivity contribution >= 4 is 15.8 Å². The van der Waals surface area contributed by atoms with Crippen LogP contribution in [0.15, 0.2) is 34.3 Å². The van der Waals surface area contributed by atoms with E-state index in [-0.39, 0.29) is 4.90 Å². The second-order valence-electron chi connectivity index (χ2n) is 7.47. The third-order valence-electron chi connectivity index (χ3n) is 5.11. The third kappa shape index (κ3) is 10.3. The van der Waals surface area contributed by atoms with Crippen LogP contribution in [-0.4, -0.2) is 14.1 Å². The lowest BCUT2D eigenvalue weighted by atomic mass is 10.0. The summed E-state index contributed by atoms with van der Waals surface area (Å²) in [6, 6.07) is 7.00. The molecule has 0 radical (unpaired) electrons. The molecule has 28 heavy (non-hydrogen) atoms. The normalized spacial score (nSPS) is 11.4. The number of aryl methyl sites for hydroxylation is 1. The Morgan fingerprint density at radius 3 is 1.79 bits per heavy atom. The zero-order valence-electron chi connectivity index (χ0n) is 18.1. The summed E-state index contributed by atoms with van der Waals surface area (Å²) in [5, 5.41) is 3.77. The Morgan fingerprint density at radius 2 is 1.29 bits per heavy atom. The van der Waals surface area contributed by atoms with Gasteiger partial charge in [0.2, 0.25) is 0 Å². The molecule has 0 aromatic heterocycles. The van der Waals surface area contributed by atoms with Gasteiger partial charge in [-0.3, -0.25) is 4.28 Å². The molecule has 0 bridgehead atoms. The van der Waals surface area contributed by atoms with Gasteiger partial charge in [-0.2, -0.15) is 8.42 Å². The van der Waals surface area contributed by atoms with Gasteiger partial charge < -0.3 is 0 Å². The van der Waals surface area contributed by atoms with Gasteiger partial charge in [0.05, 0.1) is 5.71 Å². The molecular formula is C23H39NO3S. The fourth-order valence-electron chi connectivity index (χ4n) is 3.16. The van der Waals surface area contributed by atoms with Crippen molar-refractivity contribution in [3.05, 3.63) is 29.8 Å². The van der Waals surface area contributed by atoms with E-state index in [2.05, 4.69) is 12.1 Å². The van der Waals surface area contributed by atoms with Crippen LogP contribution in [0.1, 0.15) is 103 Å². The summed E-state index contributed by atoms with van der Waals surface area (Å²) in [6.07, 6.45) is 15.6. The zero-order chi connectivity index (χ0) is 20.7. The van der Waals surface area contributed by atoms with Gasteiger partial charge in [0, 0.05) is 0 Å². The van der Waals surface area contributed by atoms with Crippen LogP contribution in [0.4, 0.5) is 0 Å². The molecule has 1 rings (SSSR count). The predicted molar refractivity (Wildman–Crippen MR) is 118 cm³/mol. The fourth-order valence-corrected chi connectivity index (χ4v) is 3.92. The SMILES string of the molecule is CCCCCCCCCCCCc1ccc(S(=O)(=O)ON=C(CC)CC)cc1. The van der Waals surface area contributed by atoms with Gasteiger partial charge in [0.15, 0.2) is 0 Å². The molecule has 0 aliphatic heterocycles. The van der Waals surface area contributed by atoms with Crippen LogP contribution < -0.4 is 0 Å². The summed E-state index contributed by atoms with van der Waals surface area (Å²) in [4.78, 5) is 0.162. The average Bonchev–Trinajstić information content (AvgIpc) is 2.70. The predicted octanol–water partition coefficient (Wildman–Crippen LogP) is 7.03. The number of benzene rings is 1. The smallest absolute Gasteiger partial charge is 0.265 e. The summed E-state index contributed by atoms with van der Waals surface area (Å²) in [5.74, 6) is 0. The van der Waals surface area contributed by atoms with Crippen molar-refractivity contribution in [2.45, 2.75) is 109 Å². The molecule has 5 heteroatoms. The van der Waals surface area contributed by atoms with Crippen LogP contribution in [0.3, 0.4) is 0 Å². The minimum absolute atomic E-state index is 0.162. The Morgan fingerprint density at radius 1 is 0.786 bits per heavy atom. The maximum atomic E-state index is 12.2. The van der Waals surface area contributed by atoms with E-state index in [1.807, 2.05) is 26.0 Å². The van der Waals surface area contributed by atoms with Crippen LogP contribution in [0, 0.1) is 0 Å². The first kappa shape index (κ1) is 24.7. The lowest BCUT2D eigenvalue weighted by Crippen LogP contribution is -2.05. The molecule has 0 aliphatic carbocycles. The Labute approximate surface area is 172 Å². The van der Waals surface area contributed by atoms with Crippen molar-refractivity contribution in [2.75, 3.05) is 0 Å². The van der Waals surface area contributed by atoms with E-state index in [0.717, 1.165) is 18.6 Å². The van der Waals surface area contributed by atoms with Crippen LogP contribution in [0.5, 0.6) is 0 Å². The number of unbranched alkanes of at least 4 members (excludes halogenated alkanes) is 9. The zero-order valence-corrected chi connectivity index (χ0v) is 18.9.